The molecular weight excluding hydrogens is 417 g/mol. The van der Waals surface area contributed by atoms with Crippen LogP contribution in [0.3, 0.4) is 0 Å². The van der Waals surface area contributed by atoms with Crippen LogP contribution in [0.4, 0.5) is 15.8 Å². The largest absolute Gasteiger partial charge is 0.489 e. The van der Waals surface area contributed by atoms with Gasteiger partial charge in [-0.2, -0.15) is 0 Å². The molecule has 5 nitrogen and oxygen atoms in total. The Morgan fingerprint density at radius 2 is 1.91 bits per heavy atom. The second-order valence-electron chi connectivity index (χ2n) is 9.41. The lowest BCUT2D eigenvalue weighted by Crippen LogP contribution is -2.31. The quantitative estimate of drug-likeness (QED) is 0.516. The highest BCUT2D eigenvalue weighted by molar-refractivity contribution is 6.01. The van der Waals surface area contributed by atoms with Crippen molar-refractivity contribution in [2.75, 3.05) is 10.6 Å². The molecule has 33 heavy (non-hydrogen) atoms. The number of anilines is 2. The van der Waals surface area contributed by atoms with Crippen LogP contribution in [0, 0.1) is 11.2 Å². The fraction of sp³-hybridized carbons (Fsp3) is 0.259. The molecule has 1 aromatic heterocycles. The second-order valence-corrected chi connectivity index (χ2v) is 9.41. The standard InChI is InChI=1S/C27H26FN3O2/c1-27(2)13-22-25(24(32)14-27)26(31-21-10-11-29-15-23(21)30-22)19-9-8-18(12-20(19)28)33-16-17-6-4-3-5-7-17/h3-12,15,26,30-31H,13-14,16H2,1-2H3. The number of allylic oxidation sites excluding steroid dienone is 1. The Labute approximate surface area is 192 Å². The summed E-state index contributed by atoms with van der Waals surface area (Å²) in [5.74, 6) is 0.0534. The highest BCUT2D eigenvalue weighted by Crippen LogP contribution is 2.45. The average Bonchev–Trinajstić information content (AvgIpc) is 2.94. The minimum Gasteiger partial charge on any atom is -0.489 e. The summed E-state index contributed by atoms with van der Waals surface area (Å²) in [7, 11) is 0. The van der Waals surface area contributed by atoms with Crippen LogP contribution in [0.5, 0.6) is 5.75 Å². The van der Waals surface area contributed by atoms with Crippen molar-refractivity contribution in [2.24, 2.45) is 5.41 Å². The van der Waals surface area contributed by atoms with Crippen molar-refractivity contribution in [3.05, 3.63) is 95.2 Å². The molecule has 0 spiro atoms. The van der Waals surface area contributed by atoms with Crippen LogP contribution in [0.25, 0.3) is 0 Å². The predicted molar refractivity (Wildman–Crippen MR) is 126 cm³/mol. The van der Waals surface area contributed by atoms with E-state index in [9.17, 15) is 4.79 Å². The van der Waals surface area contributed by atoms with Crippen LogP contribution < -0.4 is 15.4 Å². The van der Waals surface area contributed by atoms with E-state index in [1.165, 1.54) is 6.07 Å². The van der Waals surface area contributed by atoms with Gasteiger partial charge < -0.3 is 15.4 Å². The summed E-state index contributed by atoms with van der Waals surface area (Å²) in [5.41, 5.74) is 4.21. The summed E-state index contributed by atoms with van der Waals surface area (Å²) in [5, 5.41) is 6.79. The smallest absolute Gasteiger partial charge is 0.163 e. The number of pyridine rings is 1. The third kappa shape index (κ3) is 4.33. The van der Waals surface area contributed by atoms with Crippen LogP contribution >= 0.6 is 0 Å². The van der Waals surface area contributed by atoms with Crippen molar-refractivity contribution < 1.29 is 13.9 Å². The monoisotopic (exact) mass is 443 g/mol. The zero-order valence-electron chi connectivity index (χ0n) is 18.7. The highest BCUT2D eigenvalue weighted by atomic mass is 19.1. The molecule has 1 aliphatic carbocycles. The summed E-state index contributed by atoms with van der Waals surface area (Å²) in [4.78, 5) is 17.5. The van der Waals surface area contributed by atoms with E-state index < -0.39 is 11.9 Å². The number of carbonyl (C=O) groups excluding carboxylic acids is 1. The van der Waals surface area contributed by atoms with Gasteiger partial charge in [0.15, 0.2) is 5.78 Å². The lowest BCUT2D eigenvalue weighted by atomic mass is 9.73. The molecular formula is C27H26FN3O2. The molecule has 0 bridgehead atoms. The van der Waals surface area contributed by atoms with Crippen LogP contribution in [0.1, 0.15) is 43.9 Å². The zero-order valence-corrected chi connectivity index (χ0v) is 18.7. The van der Waals surface area contributed by atoms with Gasteiger partial charge in [-0.3, -0.25) is 9.78 Å². The van der Waals surface area contributed by atoms with Crippen LogP contribution in [-0.4, -0.2) is 10.8 Å². The van der Waals surface area contributed by atoms with Crippen molar-refractivity contribution in [3.8, 4) is 5.75 Å². The molecule has 5 rings (SSSR count). The zero-order chi connectivity index (χ0) is 23.0. The number of benzene rings is 2. The third-order valence-electron chi connectivity index (χ3n) is 6.15. The minimum atomic E-state index is -0.608. The van der Waals surface area contributed by atoms with Gasteiger partial charge in [-0.25, -0.2) is 4.39 Å². The number of ketones is 1. The number of ether oxygens (including phenoxy) is 1. The van der Waals surface area contributed by atoms with Gasteiger partial charge >= 0.3 is 0 Å². The Morgan fingerprint density at radius 3 is 2.70 bits per heavy atom. The molecule has 6 heteroatoms. The number of Topliss-reactive ketones (excluding diaryl/α,β-unsaturated/α-hetero) is 1. The molecule has 168 valence electrons. The molecule has 2 aromatic carbocycles. The van der Waals surface area contributed by atoms with Gasteiger partial charge in [-0.1, -0.05) is 44.2 Å². The number of aromatic nitrogens is 1. The first-order chi connectivity index (χ1) is 15.9. The molecule has 2 aliphatic rings. The predicted octanol–water partition coefficient (Wildman–Crippen LogP) is 6.02. The Kier molecular flexibility index (Phi) is 5.36. The minimum absolute atomic E-state index is 0.0239. The molecule has 2 N–H and O–H groups in total. The first-order valence-electron chi connectivity index (χ1n) is 11.1. The van der Waals surface area contributed by atoms with Crippen LogP contribution in [-0.2, 0) is 11.4 Å². The Hall–Kier alpha value is -3.67. The lowest BCUT2D eigenvalue weighted by molar-refractivity contribution is -0.118. The van der Waals surface area contributed by atoms with Crippen LogP contribution in [0.2, 0.25) is 0 Å². The summed E-state index contributed by atoms with van der Waals surface area (Å²) >= 11 is 0. The van der Waals surface area contributed by atoms with Crippen LogP contribution in [0.15, 0.2) is 78.3 Å². The topological polar surface area (TPSA) is 63.2 Å². The number of hydrogen-bond donors (Lipinski definition) is 2. The Morgan fingerprint density at radius 1 is 1.09 bits per heavy atom. The SMILES string of the molecule is CC1(C)CC(=O)C2=C(C1)Nc1cnccc1NC2c1ccc(OCc2ccccc2)cc1F. The molecule has 1 aliphatic heterocycles. The summed E-state index contributed by atoms with van der Waals surface area (Å²) in [6.45, 7) is 4.51. The Balaban J connectivity index is 1.50. The molecule has 1 atom stereocenters. The first-order valence-corrected chi connectivity index (χ1v) is 11.1. The van der Waals surface area contributed by atoms with E-state index in [1.54, 1.807) is 24.5 Å². The molecule has 0 radical (unpaired) electrons. The van der Waals surface area contributed by atoms with Crippen molar-refractivity contribution in [1.29, 1.82) is 0 Å². The van der Waals surface area contributed by atoms with Gasteiger partial charge in [0.05, 0.1) is 23.6 Å². The molecule has 3 aromatic rings. The number of fused-ring (bicyclic) bond motifs is 1. The van der Waals surface area contributed by atoms with E-state index in [-0.39, 0.29) is 11.2 Å². The van der Waals surface area contributed by atoms with E-state index in [1.807, 2.05) is 36.4 Å². The van der Waals surface area contributed by atoms with E-state index in [2.05, 4.69) is 29.5 Å². The summed E-state index contributed by atoms with van der Waals surface area (Å²) < 4.78 is 21.2. The van der Waals surface area contributed by atoms with Crippen molar-refractivity contribution in [3.63, 3.8) is 0 Å². The summed E-state index contributed by atoms with van der Waals surface area (Å²) in [6.07, 6.45) is 4.51. The van der Waals surface area contributed by atoms with Gasteiger partial charge in [0, 0.05) is 35.5 Å². The number of hydrogen-bond acceptors (Lipinski definition) is 5. The third-order valence-corrected chi connectivity index (χ3v) is 6.15. The molecule has 2 heterocycles. The van der Waals surface area contributed by atoms with E-state index in [4.69, 9.17) is 4.74 Å². The molecule has 0 saturated heterocycles. The second kappa shape index (κ2) is 8.35. The van der Waals surface area contributed by atoms with Gasteiger partial charge in [-0.05, 0) is 35.6 Å². The van der Waals surface area contributed by atoms with E-state index in [0.717, 1.165) is 22.6 Å². The fourth-order valence-corrected chi connectivity index (χ4v) is 4.60. The number of rotatable bonds is 4. The maximum atomic E-state index is 15.4. The first kappa shape index (κ1) is 21.2. The van der Waals surface area contributed by atoms with E-state index in [0.29, 0.717) is 36.3 Å². The average molecular weight is 444 g/mol. The Bertz CT molecular complexity index is 1240. The van der Waals surface area contributed by atoms with Gasteiger partial charge in [0.2, 0.25) is 0 Å². The lowest BCUT2D eigenvalue weighted by Gasteiger charge is -2.34. The number of nitrogens with one attached hydrogen (secondary N) is 2. The van der Waals surface area contributed by atoms with Gasteiger partial charge in [-0.15, -0.1) is 0 Å². The fourth-order valence-electron chi connectivity index (χ4n) is 4.60. The van der Waals surface area contributed by atoms with Crippen molar-refractivity contribution >= 4 is 17.2 Å². The molecule has 0 saturated carbocycles. The summed E-state index contributed by atoms with van der Waals surface area (Å²) in [6, 6.07) is 15.8. The molecule has 0 fully saturated rings. The molecule has 1 unspecified atom stereocenters. The van der Waals surface area contributed by atoms with Gasteiger partial charge in [0.1, 0.15) is 18.2 Å². The number of halogens is 1. The van der Waals surface area contributed by atoms with Gasteiger partial charge in [0.25, 0.3) is 0 Å². The number of carbonyl (C=O) groups is 1. The van der Waals surface area contributed by atoms with E-state index >= 15 is 4.39 Å². The maximum Gasteiger partial charge on any atom is 0.163 e. The molecule has 0 amide bonds. The normalized spacial score (nSPS) is 19.0. The van der Waals surface area contributed by atoms with Crippen molar-refractivity contribution in [1.82, 2.24) is 4.98 Å². The maximum absolute atomic E-state index is 15.4. The number of nitrogens with zero attached hydrogens (tertiary/aromatic N) is 1. The highest BCUT2D eigenvalue weighted by Gasteiger charge is 2.39. The van der Waals surface area contributed by atoms with Crippen molar-refractivity contribution in [2.45, 2.75) is 39.3 Å².